The normalized spacial score (nSPS) is 17.8. The molecular weight excluding hydrogens is 224 g/mol. The lowest BCUT2D eigenvalue weighted by molar-refractivity contribution is 0.360. The number of hydrogen-bond acceptors (Lipinski definition) is 4. The Morgan fingerprint density at radius 3 is 3.00 bits per heavy atom. The van der Waals surface area contributed by atoms with E-state index in [4.69, 9.17) is 0 Å². The van der Waals surface area contributed by atoms with Crippen molar-refractivity contribution in [2.75, 3.05) is 44.7 Å². The Labute approximate surface area is 110 Å². The Kier molecular flexibility index (Phi) is 4.96. The predicted octanol–water partition coefficient (Wildman–Crippen LogP) is 1.33. The Hall–Kier alpha value is -1.13. The number of nitrogens with one attached hydrogen (secondary N) is 1. The molecule has 4 heteroatoms. The number of anilines is 1. The molecule has 2 rings (SSSR count). The molecule has 1 aliphatic heterocycles. The molecule has 0 radical (unpaired) electrons. The zero-order valence-electron chi connectivity index (χ0n) is 11.5. The summed E-state index contributed by atoms with van der Waals surface area (Å²) in [4.78, 5) is 9.29. The number of pyridine rings is 1. The van der Waals surface area contributed by atoms with Gasteiger partial charge >= 0.3 is 0 Å². The van der Waals surface area contributed by atoms with E-state index in [1.165, 1.54) is 18.7 Å². The monoisotopic (exact) mass is 248 g/mol. The minimum atomic E-state index is 0.859. The third-order valence-electron chi connectivity index (χ3n) is 3.44. The third-order valence-corrected chi connectivity index (χ3v) is 3.44. The average Bonchev–Trinajstić information content (AvgIpc) is 2.61. The van der Waals surface area contributed by atoms with Gasteiger partial charge < -0.3 is 15.1 Å². The van der Waals surface area contributed by atoms with Crippen LogP contribution in [0, 0.1) is 0 Å². The van der Waals surface area contributed by atoms with E-state index in [1.807, 2.05) is 6.20 Å². The lowest BCUT2D eigenvalue weighted by Gasteiger charge is -2.23. The van der Waals surface area contributed by atoms with Crippen LogP contribution < -0.4 is 10.2 Å². The highest BCUT2D eigenvalue weighted by Gasteiger charge is 2.12. The first-order valence-corrected chi connectivity index (χ1v) is 6.88. The lowest BCUT2D eigenvalue weighted by atomic mass is 10.2. The lowest BCUT2D eigenvalue weighted by Crippen LogP contribution is -2.28. The van der Waals surface area contributed by atoms with Crippen LogP contribution in [-0.2, 0) is 6.54 Å². The summed E-state index contributed by atoms with van der Waals surface area (Å²) in [5.41, 5.74) is 2.44. The standard InChI is InChI=1S/C14H24N4/c1-3-15-12-13-11-14(5-6-16-13)18-8-4-7-17(2)9-10-18/h5-6,11,15H,3-4,7-10,12H2,1-2H3. The zero-order valence-corrected chi connectivity index (χ0v) is 11.5. The molecule has 100 valence electrons. The van der Waals surface area contributed by atoms with Gasteiger partial charge in [0, 0.05) is 38.1 Å². The first-order valence-electron chi connectivity index (χ1n) is 6.88. The van der Waals surface area contributed by atoms with Gasteiger partial charge in [0.1, 0.15) is 0 Å². The van der Waals surface area contributed by atoms with E-state index in [2.05, 4.69) is 46.2 Å². The Morgan fingerprint density at radius 2 is 2.17 bits per heavy atom. The molecule has 1 saturated heterocycles. The number of rotatable bonds is 4. The first kappa shape index (κ1) is 13.3. The highest BCUT2D eigenvalue weighted by atomic mass is 15.2. The molecule has 2 heterocycles. The molecule has 1 aromatic heterocycles. The Bertz CT molecular complexity index is 367. The maximum Gasteiger partial charge on any atom is 0.0562 e. The molecule has 1 fully saturated rings. The average molecular weight is 248 g/mol. The van der Waals surface area contributed by atoms with Crippen LogP contribution in [0.4, 0.5) is 5.69 Å². The van der Waals surface area contributed by atoms with Gasteiger partial charge in [-0.2, -0.15) is 0 Å². The van der Waals surface area contributed by atoms with Crippen LogP contribution in [0.15, 0.2) is 18.3 Å². The van der Waals surface area contributed by atoms with E-state index in [-0.39, 0.29) is 0 Å². The molecule has 0 aromatic carbocycles. The SMILES string of the molecule is CCNCc1cc(N2CCCN(C)CC2)ccn1. The summed E-state index contributed by atoms with van der Waals surface area (Å²) < 4.78 is 0. The van der Waals surface area contributed by atoms with Crippen LogP contribution in [0.25, 0.3) is 0 Å². The van der Waals surface area contributed by atoms with Gasteiger partial charge in [-0.1, -0.05) is 6.92 Å². The van der Waals surface area contributed by atoms with E-state index >= 15 is 0 Å². The summed E-state index contributed by atoms with van der Waals surface area (Å²) in [6.07, 6.45) is 3.16. The molecule has 1 N–H and O–H groups in total. The number of likely N-dealkylation sites (N-methyl/N-ethyl adjacent to an activating group) is 1. The van der Waals surface area contributed by atoms with Crippen molar-refractivity contribution in [2.24, 2.45) is 0 Å². The van der Waals surface area contributed by atoms with Crippen molar-refractivity contribution < 1.29 is 0 Å². The van der Waals surface area contributed by atoms with E-state index in [0.717, 1.165) is 38.4 Å². The largest absolute Gasteiger partial charge is 0.370 e. The fraction of sp³-hybridized carbons (Fsp3) is 0.643. The second-order valence-electron chi connectivity index (χ2n) is 4.93. The predicted molar refractivity (Wildman–Crippen MR) is 75.9 cm³/mol. The van der Waals surface area contributed by atoms with E-state index < -0.39 is 0 Å². The minimum Gasteiger partial charge on any atom is -0.370 e. The van der Waals surface area contributed by atoms with Gasteiger partial charge in [-0.15, -0.1) is 0 Å². The van der Waals surface area contributed by atoms with Crippen LogP contribution in [0.1, 0.15) is 19.0 Å². The molecule has 1 aromatic rings. The first-order chi connectivity index (χ1) is 8.79. The molecule has 0 aliphatic carbocycles. The Morgan fingerprint density at radius 1 is 1.28 bits per heavy atom. The summed E-state index contributed by atoms with van der Waals surface area (Å²) in [5.74, 6) is 0. The molecule has 0 unspecified atom stereocenters. The summed E-state index contributed by atoms with van der Waals surface area (Å²) in [6, 6.07) is 4.34. The number of nitrogens with zero attached hydrogens (tertiary/aromatic N) is 3. The maximum atomic E-state index is 4.41. The highest BCUT2D eigenvalue weighted by molar-refractivity contribution is 5.46. The van der Waals surface area contributed by atoms with Gasteiger partial charge in [-0.3, -0.25) is 4.98 Å². The minimum absolute atomic E-state index is 0.859. The fourth-order valence-electron chi connectivity index (χ4n) is 2.32. The van der Waals surface area contributed by atoms with Crippen molar-refractivity contribution in [1.82, 2.24) is 15.2 Å². The molecule has 4 nitrogen and oxygen atoms in total. The zero-order chi connectivity index (χ0) is 12.8. The van der Waals surface area contributed by atoms with Crippen LogP contribution >= 0.6 is 0 Å². The quantitative estimate of drug-likeness (QED) is 0.871. The van der Waals surface area contributed by atoms with Crippen LogP contribution in [0.3, 0.4) is 0 Å². The number of aromatic nitrogens is 1. The van der Waals surface area contributed by atoms with E-state index in [1.54, 1.807) is 0 Å². The van der Waals surface area contributed by atoms with Crippen molar-refractivity contribution in [3.05, 3.63) is 24.0 Å². The van der Waals surface area contributed by atoms with Crippen molar-refractivity contribution in [1.29, 1.82) is 0 Å². The van der Waals surface area contributed by atoms with Crippen LogP contribution in [-0.4, -0.2) is 49.7 Å². The van der Waals surface area contributed by atoms with E-state index in [0.29, 0.717) is 0 Å². The summed E-state index contributed by atoms with van der Waals surface area (Å²) in [5, 5.41) is 3.32. The van der Waals surface area contributed by atoms with Crippen molar-refractivity contribution >= 4 is 5.69 Å². The van der Waals surface area contributed by atoms with Crippen LogP contribution in [0.2, 0.25) is 0 Å². The van der Waals surface area contributed by atoms with Gasteiger partial charge in [0.15, 0.2) is 0 Å². The highest BCUT2D eigenvalue weighted by Crippen LogP contribution is 2.16. The van der Waals surface area contributed by atoms with Gasteiger partial charge in [0.2, 0.25) is 0 Å². The fourth-order valence-corrected chi connectivity index (χ4v) is 2.32. The van der Waals surface area contributed by atoms with Gasteiger partial charge in [-0.25, -0.2) is 0 Å². The van der Waals surface area contributed by atoms with Crippen molar-refractivity contribution in [3.63, 3.8) is 0 Å². The maximum absolute atomic E-state index is 4.41. The molecule has 0 atom stereocenters. The van der Waals surface area contributed by atoms with Crippen molar-refractivity contribution in [2.45, 2.75) is 19.9 Å². The molecule has 1 aliphatic rings. The molecule has 0 spiro atoms. The van der Waals surface area contributed by atoms with Crippen molar-refractivity contribution in [3.8, 4) is 0 Å². The number of hydrogen-bond donors (Lipinski definition) is 1. The van der Waals surface area contributed by atoms with E-state index in [9.17, 15) is 0 Å². The molecular formula is C14H24N4. The summed E-state index contributed by atoms with van der Waals surface area (Å²) >= 11 is 0. The second-order valence-corrected chi connectivity index (χ2v) is 4.93. The molecule has 0 saturated carbocycles. The summed E-state index contributed by atoms with van der Waals surface area (Å²) in [7, 11) is 2.20. The molecule has 18 heavy (non-hydrogen) atoms. The third kappa shape index (κ3) is 3.68. The second kappa shape index (κ2) is 6.71. The Balaban J connectivity index is 2.02. The molecule has 0 amide bonds. The van der Waals surface area contributed by atoms with Gasteiger partial charge in [0.05, 0.1) is 5.69 Å². The van der Waals surface area contributed by atoms with Gasteiger partial charge in [0.25, 0.3) is 0 Å². The smallest absolute Gasteiger partial charge is 0.0562 e. The van der Waals surface area contributed by atoms with Crippen LogP contribution in [0.5, 0.6) is 0 Å². The molecule has 0 bridgehead atoms. The van der Waals surface area contributed by atoms with Gasteiger partial charge in [-0.05, 0) is 38.7 Å². The topological polar surface area (TPSA) is 31.4 Å². The summed E-state index contributed by atoms with van der Waals surface area (Å²) in [6.45, 7) is 8.57.